The maximum Gasteiger partial charge on any atom is 0 e. The largest absolute Gasteiger partial charge is 0 e. The van der Waals surface area contributed by atoms with Gasteiger partial charge < -0.3 is 80.8 Å². The van der Waals surface area contributed by atoms with Gasteiger partial charge in [0.2, 0.25) is 0 Å². The Balaban J connectivity index is 0.00000172. The second-order valence-corrected chi connectivity index (χ2v) is 47.7. The molecule has 5 heterocycles. The van der Waals surface area contributed by atoms with E-state index in [1.807, 2.05) is 294 Å². The number of halogens is 6. The van der Waals surface area contributed by atoms with Crippen molar-refractivity contribution < 1.29 is 108 Å². The van der Waals surface area contributed by atoms with Crippen LogP contribution in [0.5, 0.6) is 23.0 Å². The Hall–Kier alpha value is -4.78. The first-order chi connectivity index (χ1) is 62.5. The predicted molar refractivity (Wildman–Crippen MR) is 582 cm³/mol. The van der Waals surface area contributed by atoms with Gasteiger partial charge in [-0.25, -0.2) is 19.1 Å². The summed E-state index contributed by atoms with van der Waals surface area (Å²) in [6.07, 6.45) is -3.48. The first-order valence-electron chi connectivity index (χ1n) is 44.0. The molecule has 0 aromatic heterocycles. The summed E-state index contributed by atoms with van der Waals surface area (Å²) in [7, 11) is 7.56. The SMILES string of the molecule is CC.CC.CC.CC.COc1ccc(C(OC[C@H]2O[C@@H](C)[C@H](C)[C@@H]2O)(c2ccccc2)c2ccc(OC)cc2)cc1.COc1ccc(C(OC[C@H]2O[C@@H](C)[C@H](C)[C@@H]2OC(=O)c2ccccc2)(c2ccccc2)c2ccc(OC)cc2)cc1.C[C@@H]1[C@H](OC(=O)c2ccccc2)[C@@H](CO)O[C@H]1C.C[C@@H]1[C@H](OC(=O)c2ccccc2)[C@@H](COP2OCCN2C)O[C@H]1C.I.II.I[I-]I.[B].[B].[B].[B]. The van der Waals surface area contributed by atoms with Crippen LogP contribution in [-0.2, 0) is 62.9 Å². The van der Waals surface area contributed by atoms with E-state index in [0.29, 0.717) is 43.2 Å². The summed E-state index contributed by atoms with van der Waals surface area (Å²) in [6, 6.07) is 78.7. The first kappa shape index (κ1) is 129. The van der Waals surface area contributed by atoms with Gasteiger partial charge >= 0.3 is 68.4 Å². The van der Waals surface area contributed by atoms with Crippen molar-refractivity contribution in [2.45, 2.75) is 195 Å². The van der Waals surface area contributed by atoms with Gasteiger partial charge in [-0.15, -0.1) is 24.0 Å². The van der Waals surface area contributed by atoms with Crippen molar-refractivity contribution in [3.05, 3.63) is 299 Å². The van der Waals surface area contributed by atoms with Gasteiger partial charge in [-0.2, -0.15) is 0 Å². The minimum Gasteiger partial charge on any atom is 0 e. The van der Waals surface area contributed by atoms with Gasteiger partial charge in [0.25, 0.3) is 8.53 Å². The molecule has 1 unspecified atom stereocenters. The van der Waals surface area contributed by atoms with E-state index in [2.05, 4.69) is 103 Å². The van der Waals surface area contributed by atoms with E-state index >= 15 is 0 Å². The zero-order valence-corrected chi connectivity index (χ0v) is 94.9. The number of nitrogens with zero attached hydrogens (tertiary/aromatic N) is 1. The Morgan fingerprint density at radius 2 is 0.627 bits per heavy atom. The van der Waals surface area contributed by atoms with Crippen molar-refractivity contribution >= 4 is 159 Å². The van der Waals surface area contributed by atoms with Crippen molar-refractivity contribution in [1.29, 1.82) is 0 Å². The van der Waals surface area contributed by atoms with Crippen molar-refractivity contribution in [3.8, 4) is 23.0 Å². The van der Waals surface area contributed by atoms with Crippen LogP contribution in [0.3, 0.4) is 0 Å². The van der Waals surface area contributed by atoms with Crippen LogP contribution in [0.1, 0.15) is 175 Å². The fourth-order valence-corrected chi connectivity index (χ4v) is 16.2. The second-order valence-electron chi connectivity index (χ2n) is 29.8. The molecule has 2 N–H and O–H groups in total. The van der Waals surface area contributed by atoms with Crippen molar-refractivity contribution in [2.24, 2.45) is 23.7 Å². The zero-order valence-electron chi connectivity index (χ0n) is 80.9. The predicted octanol–water partition coefficient (Wildman–Crippen LogP) is 19.7. The van der Waals surface area contributed by atoms with Gasteiger partial charge in [0.15, 0.2) is 0 Å². The fourth-order valence-electron chi connectivity index (χ4n) is 15.0. The summed E-state index contributed by atoms with van der Waals surface area (Å²) in [5, 5.41) is 20.0. The molecule has 9 aromatic carbocycles. The van der Waals surface area contributed by atoms with E-state index in [-0.39, 0.29) is 156 Å². The normalized spacial score (nSPS) is 22.5. The molecule has 21 nitrogen and oxygen atoms in total. The van der Waals surface area contributed by atoms with E-state index in [1.165, 1.54) is 0 Å². The van der Waals surface area contributed by atoms with E-state index in [4.69, 9.17) is 70.6 Å². The van der Waals surface area contributed by atoms with Crippen LogP contribution in [0.15, 0.2) is 249 Å². The van der Waals surface area contributed by atoms with Crippen LogP contribution in [-0.4, -0.2) is 215 Å². The standard InChI is InChI=1S/C35H36O6.C28H32O5.C17H24NO5P.C14H18O4.4C2H6.4B.I3.I2.HI/c1-24-25(2)40-32(33(24)41-34(36)26-11-7-5-8-12-26)23-39-35(27-13-9-6-10-14-27,28-15-19-30(37-3)20-16-28)29-17-21-31(38-4)22-18-29;1-19-20(2)33-26(27(19)29)18-32-28(21-8-6-5-7-9-21,22-10-14-24(30-3)15-11-22)23-12-16-25(31-4)17-13-23;1-12-13(2)22-15(11-21-24-18(3)9-10-20-24)16(12)23-17(19)14-7-5-4-6-8-14;1-9-10(2)17-12(8-15)13(9)18-14(16)11-6-4-3-5-7-11;4*1-2;;;;;1-3-2;1-2;/h5-22,24-25,32-33H,23H2,1-4H3;5-17,19-20,26-27,29H,18H2,1-4H3;4-8,12-13,15-16H,9-11H2,1-3H3;3-7,9-10,12-13,15H,8H2,1-2H3;4*1-2H3;;;;;;;1H/q;;;;;;;;;;;;-1;;/t24-,25-,32+,33-;19-,20-,26+,27-;12-,13-,15+,16-,24?;9-,10-,12+,13-;;;;;;;;;;;/m0000.........../s1. The number of aliphatic hydroxyl groups excluding tert-OH is 2. The van der Waals surface area contributed by atoms with Gasteiger partial charge in [0, 0.05) is 101 Å². The van der Waals surface area contributed by atoms with Gasteiger partial charge in [0.1, 0.15) is 76.9 Å². The molecule has 5 fully saturated rings. The molecule has 0 aliphatic carbocycles. The molecule has 134 heavy (non-hydrogen) atoms. The molecule has 32 heteroatoms. The number of aliphatic hydroxyl groups is 2. The molecule has 5 aliphatic rings. The molecule has 17 atom stereocenters. The Morgan fingerprint density at radius 3 is 0.881 bits per heavy atom. The molecule has 12 radical (unpaired) electrons. The summed E-state index contributed by atoms with van der Waals surface area (Å²) in [5.41, 5.74) is 5.34. The smallest absolute Gasteiger partial charge is 0 e. The van der Waals surface area contributed by atoms with E-state index in [1.54, 1.807) is 77.0 Å². The van der Waals surface area contributed by atoms with Crippen LogP contribution in [0, 0.1) is 23.7 Å². The number of hydrogen-bond donors (Lipinski definition) is 2. The van der Waals surface area contributed by atoms with Crippen molar-refractivity contribution in [2.75, 3.05) is 75.1 Å². The molecule has 0 spiro atoms. The van der Waals surface area contributed by atoms with Crippen LogP contribution in [0.4, 0.5) is 0 Å². The third-order valence-electron chi connectivity index (χ3n) is 22.6. The number of carbonyl (C=O) groups is 3. The number of esters is 3. The summed E-state index contributed by atoms with van der Waals surface area (Å²) in [5.74, 6) is 2.20. The average molecular weight is 2530 g/mol. The average Bonchev–Trinajstić information content (AvgIpc) is 0.963. The third kappa shape index (κ3) is 36.3. The molecular weight excluding hydrogens is 2390 g/mol. The molecule has 5 aliphatic heterocycles. The molecule has 14 rings (SSSR count). The van der Waals surface area contributed by atoms with Gasteiger partial charge in [-0.1, -0.05) is 247 Å². The maximum atomic E-state index is 13.0. The monoisotopic (exact) mass is 2530 g/mol. The first-order valence-corrected chi connectivity index (χ1v) is 64.0. The van der Waals surface area contributed by atoms with Crippen LogP contribution >= 0.6 is 107 Å². The number of benzene rings is 9. The molecule has 5 saturated heterocycles. The van der Waals surface area contributed by atoms with Crippen LogP contribution in [0.2, 0.25) is 0 Å². The van der Waals surface area contributed by atoms with Crippen LogP contribution in [0.25, 0.3) is 0 Å². The minimum absolute atomic E-state index is 0. The summed E-state index contributed by atoms with van der Waals surface area (Å²) in [6.45, 7) is 34.2. The molecule has 728 valence electrons. The number of methoxy groups -OCH3 is 4. The minimum atomic E-state index is -1.02. The molecular formula is C102H135B4I6NO20P-. The summed E-state index contributed by atoms with van der Waals surface area (Å²) < 4.78 is 90.2. The third-order valence-corrected chi connectivity index (χ3v) is 24.1. The topological polar surface area (TPSA) is 233 Å². The second kappa shape index (κ2) is 70.0. The molecule has 0 bridgehead atoms. The van der Waals surface area contributed by atoms with Gasteiger partial charge in [-0.3, -0.25) is 0 Å². The van der Waals surface area contributed by atoms with Crippen molar-refractivity contribution in [3.63, 3.8) is 0 Å². The summed E-state index contributed by atoms with van der Waals surface area (Å²) in [4.78, 5) is 37.4. The Labute approximate surface area is 878 Å². The van der Waals surface area contributed by atoms with Gasteiger partial charge in [0.05, 0.1) is 109 Å². The molecule has 0 amide bonds. The van der Waals surface area contributed by atoms with E-state index in [9.17, 15) is 24.6 Å². The molecule has 9 aromatic rings. The Morgan fingerprint density at radius 1 is 0.388 bits per heavy atom. The number of hydrogen-bond acceptors (Lipinski definition) is 21. The fraction of sp³-hybridized carbons (Fsp3) is 0.441. The zero-order chi connectivity index (χ0) is 95.2. The number of likely N-dealkylation sites (N-methyl/N-ethyl adjacent to an activating group) is 1. The Kier molecular flexibility index (Phi) is 67.5. The number of carbonyl (C=O) groups excluding carboxylic acids is 3. The summed E-state index contributed by atoms with van der Waals surface area (Å²) >= 11 is 9.54. The Bertz CT molecular complexity index is 4450. The molecule has 0 saturated carbocycles. The number of rotatable bonds is 26. The van der Waals surface area contributed by atoms with E-state index in [0.717, 1.165) is 62.9 Å². The number of ether oxygens (including phenoxy) is 13. The van der Waals surface area contributed by atoms with Crippen LogP contribution < -0.4 is 32.2 Å². The van der Waals surface area contributed by atoms with Gasteiger partial charge in [-0.05, 0) is 153 Å². The quantitative estimate of drug-likeness (QED) is 0.0128. The maximum absolute atomic E-state index is 13.0. The van der Waals surface area contributed by atoms with E-state index < -0.39 is 56.4 Å². The van der Waals surface area contributed by atoms with Crippen molar-refractivity contribution in [1.82, 2.24) is 4.67 Å².